The molecule has 0 spiro atoms. The van der Waals surface area contributed by atoms with Crippen LogP contribution in [-0.2, 0) is 16.0 Å². The van der Waals surface area contributed by atoms with E-state index in [4.69, 9.17) is 9.47 Å². The third-order valence-corrected chi connectivity index (χ3v) is 3.23. The molecule has 1 aliphatic heterocycles. The van der Waals surface area contributed by atoms with Gasteiger partial charge in [0.15, 0.2) is 6.29 Å². The molecule has 1 fully saturated rings. The SMILES string of the molecule is Cc1ncc(Br)c(=O)n1CCC1OCCCO1. The van der Waals surface area contributed by atoms with Crippen LogP contribution >= 0.6 is 15.9 Å². The van der Waals surface area contributed by atoms with E-state index >= 15 is 0 Å². The lowest BCUT2D eigenvalue weighted by Crippen LogP contribution is -2.30. The molecule has 2 heterocycles. The van der Waals surface area contributed by atoms with Gasteiger partial charge in [-0.15, -0.1) is 0 Å². The van der Waals surface area contributed by atoms with E-state index in [0.29, 0.717) is 23.3 Å². The topological polar surface area (TPSA) is 53.4 Å². The third-order valence-electron chi connectivity index (χ3n) is 2.69. The maximum absolute atomic E-state index is 11.9. The van der Waals surface area contributed by atoms with E-state index in [1.807, 2.05) is 6.92 Å². The van der Waals surface area contributed by atoms with Crippen LogP contribution in [0.1, 0.15) is 18.7 Å². The van der Waals surface area contributed by atoms with Crippen LogP contribution in [0, 0.1) is 6.92 Å². The highest BCUT2D eigenvalue weighted by molar-refractivity contribution is 9.10. The number of rotatable bonds is 3. The lowest BCUT2D eigenvalue weighted by molar-refractivity contribution is -0.182. The first kappa shape index (κ1) is 12.7. The molecular formula is C11H15BrN2O3. The minimum atomic E-state index is -0.200. The van der Waals surface area contributed by atoms with E-state index in [1.54, 1.807) is 4.57 Å². The minimum Gasteiger partial charge on any atom is -0.353 e. The number of nitrogens with zero attached hydrogens (tertiary/aromatic N) is 2. The van der Waals surface area contributed by atoms with Crippen LogP contribution in [0.15, 0.2) is 15.5 Å². The first-order valence-electron chi connectivity index (χ1n) is 5.63. The van der Waals surface area contributed by atoms with Crippen LogP contribution in [-0.4, -0.2) is 29.1 Å². The van der Waals surface area contributed by atoms with Gasteiger partial charge in [0.2, 0.25) is 0 Å². The van der Waals surface area contributed by atoms with Crippen LogP contribution in [0.2, 0.25) is 0 Å². The molecule has 0 bridgehead atoms. The van der Waals surface area contributed by atoms with Gasteiger partial charge in [-0.05, 0) is 29.3 Å². The molecule has 0 aromatic carbocycles. The van der Waals surface area contributed by atoms with Crippen molar-refractivity contribution >= 4 is 15.9 Å². The summed E-state index contributed by atoms with van der Waals surface area (Å²) >= 11 is 3.19. The predicted molar refractivity (Wildman–Crippen MR) is 65.9 cm³/mol. The second-order valence-electron chi connectivity index (χ2n) is 3.92. The normalized spacial score (nSPS) is 17.3. The number of ether oxygens (including phenoxy) is 2. The molecule has 0 atom stereocenters. The van der Waals surface area contributed by atoms with Gasteiger partial charge in [0, 0.05) is 19.2 Å². The Morgan fingerprint density at radius 1 is 1.53 bits per heavy atom. The molecule has 6 heteroatoms. The van der Waals surface area contributed by atoms with E-state index < -0.39 is 0 Å². The monoisotopic (exact) mass is 302 g/mol. The average molecular weight is 303 g/mol. The summed E-state index contributed by atoms with van der Waals surface area (Å²) in [5.74, 6) is 0.703. The van der Waals surface area contributed by atoms with Gasteiger partial charge in [0.05, 0.1) is 13.2 Å². The molecule has 1 aromatic heterocycles. The van der Waals surface area contributed by atoms with Crippen molar-refractivity contribution in [3.05, 3.63) is 26.8 Å². The molecule has 0 N–H and O–H groups in total. The molecule has 1 aliphatic rings. The van der Waals surface area contributed by atoms with Gasteiger partial charge >= 0.3 is 0 Å². The summed E-state index contributed by atoms with van der Waals surface area (Å²) < 4.78 is 13.0. The summed E-state index contributed by atoms with van der Waals surface area (Å²) in [7, 11) is 0. The molecule has 2 rings (SSSR count). The van der Waals surface area contributed by atoms with Gasteiger partial charge in [0.25, 0.3) is 5.56 Å². The van der Waals surface area contributed by atoms with Gasteiger partial charge < -0.3 is 9.47 Å². The third kappa shape index (κ3) is 3.14. The fourth-order valence-electron chi connectivity index (χ4n) is 1.75. The molecule has 0 amide bonds. The van der Waals surface area contributed by atoms with Crippen molar-refractivity contribution < 1.29 is 9.47 Å². The van der Waals surface area contributed by atoms with Gasteiger partial charge in [-0.1, -0.05) is 0 Å². The Balaban J connectivity index is 2.03. The maximum Gasteiger partial charge on any atom is 0.267 e. The standard InChI is InChI=1S/C11H15BrN2O3/c1-8-13-7-9(12)11(15)14(8)4-3-10-16-5-2-6-17-10/h7,10H,2-6H2,1H3. The molecule has 94 valence electrons. The Hall–Kier alpha value is -0.720. The van der Waals surface area contributed by atoms with Crippen molar-refractivity contribution in [1.82, 2.24) is 9.55 Å². The first-order chi connectivity index (χ1) is 8.18. The zero-order chi connectivity index (χ0) is 12.3. The van der Waals surface area contributed by atoms with Crippen molar-refractivity contribution in [1.29, 1.82) is 0 Å². The number of hydrogen-bond donors (Lipinski definition) is 0. The maximum atomic E-state index is 11.9. The van der Waals surface area contributed by atoms with Crippen molar-refractivity contribution in [3.63, 3.8) is 0 Å². The smallest absolute Gasteiger partial charge is 0.267 e. The van der Waals surface area contributed by atoms with Crippen molar-refractivity contribution in [2.45, 2.75) is 32.6 Å². The van der Waals surface area contributed by atoms with Gasteiger partial charge in [-0.25, -0.2) is 4.98 Å². The molecule has 17 heavy (non-hydrogen) atoms. The molecule has 1 saturated heterocycles. The Kier molecular flexibility index (Phi) is 4.31. The fraction of sp³-hybridized carbons (Fsp3) is 0.636. The van der Waals surface area contributed by atoms with E-state index in [0.717, 1.165) is 19.6 Å². The highest BCUT2D eigenvalue weighted by Crippen LogP contribution is 2.10. The number of halogens is 1. The van der Waals surface area contributed by atoms with E-state index in [1.165, 1.54) is 6.20 Å². The fourth-order valence-corrected chi connectivity index (χ4v) is 2.07. The second-order valence-corrected chi connectivity index (χ2v) is 4.78. The largest absolute Gasteiger partial charge is 0.353 e. The van der Waals surface area contributed by atoms with Crippen molar-refractivity contribution in [3.8, 4) is 0 Å². The number of hydrogen-bond acceptors (Lipinski definition) is 4. The summed E-state index contributed by atoms with van der Waals surface area (Å²) in [6.07, 6.45) is 2.93. The number of aromatic nitrogens is 2. The summed E-state index contributed by atoms with van der Waals surface area (Å²) in [4.78, 5) is 16.0. The average Bonchev–Trinajstić information content (AvgIpc) is 2.35. The predicted octanol–water partition coefficient (Wildman–Crippen LogP) is 1.47. The summed E-state index contributed by atoms with van der Waals surface area (Å²) in [6, 6.07) is 0. The molecule has 0 unspecified atom stereocenters. The summed E-state index contributed by atoms with van der Waals surface area (Å²) in [5, 5.41) is 0. The second kappa shape index (κ2) is 5.75. The number of aryl methyl sites for hydroxylation is 1. The Labute approximate surface area is 108 Å². The Bertz CT molecular complexity index is 441. The molecule has 5 nitrogen and oxygen atoms in total. The van der Waals surface area contributed by atoms with Gasteiger partial charge in [-0.3, -0.25) is 9.36 Å². The molecule has 1 aromatic rings. The minimum absolute atomic E-state index is 0.0618. The highest BCUT2D eigenvalue weighted by atomic mass is 79.9. The van der Waals surface area contributed by atoms with Gasteiger partial charge in [-0.2, -0.15) is 0 Å². The summed E-state index contributed by atoms with van der Waals surface area (Å²) in [6.45, 7) is 3.84. The highest BCUT2D eigenvalue weighted by Gasteiger charge is 2.15. The lowest BCUT2D eigenvalue weighted by Gasteiger charge is -2.23. The summed E-state index contributed by atoms with van der Waals surface area (Å²) in [5.41, 5.74) is -0.0618. The Morgan fingerprint density at radius 2 is 2.24 bits per heavy atom. The lowest BCUT2D eigenvalue weighted by atomic mass is 10.3. The van der Waals surface area contributed by atoms with E-state index in [2.05, 4.69) is 20.9 Å². The zero-order valence-electron chi connectivity index (χ0n) is 9.69. The molecule has 0 radical (unpaired) electrons. The molecule has 0 aliphatic carbocycles. The van der Waals surface area contributed by atoms with Crippen molar-refractivity contribution in [2.75, 3.05) is 13.2 Å². The Morgan fingerprint density at radius 3 is 2.94 bits per heavy atom. The first-order valence-corrected chi connectivity index (χ1v) is 6.43. The van der Waals surface area contributed by atoms with Crippen LogP contribution in [0.5, 0.6) is 0 Å². The van der Waals surface area contributed by atoms with Crippen LogP contribution in [0.25, 0.3) is 0 Å². The van der Waals surface area contributed by atoms with Crippen molar-refractivity contribution in [2.24, 2.45) is 0 Å². The zero-order valence-corrected chi connectivity index (χ0v) is 11.3. The molecular weight excluding hydrogens is 288 g/mol. The van der Waals surface area contributed by atoms with E-state index in [-0.39, 0.29) is 11.8 Å². The van der Waals surface area contributed by atoms with Gasteiger partial charge in [0.1, 0.15) is 10.3 Å². The van der Waals surface area contributed by atoms with E-state index in [9.17, 15) is 4.79 Å². The van der Waals surface area contributed by atoms with Crippen LogP contribution in [0.4, 0.5) is 0 Å². The quantitative estimate of drug-likeness (QED) is 0.848. The van der Waals surface area contributed by atoms with Crippen LogP contribution in [0.3, 0.4) is 0 Å². The van der Waals surface area contributed by atoms with Crippen LogP contribution < -0.4 is 5.56 Å². The molecule has 0 saturated carbocycles.